The van der Waals surface area contributed by atoms with Crippen molar-refractivity contribution in [3.8, 4) is 0 Å². The topological polar surface area (TPSA) is 150 Å². The van der Waals surface area contributed by atoms with Gasteiger partial charge in [0.2, 0.25) is 11.9 Å². The summed E-state index contributed by atoms with van der Waals surface area (Å²) in [4.78, 5) is 52.9. The Bertz CT molecular complexity index is 1650. The maximum absolute atomic E-state index is 13.3. The van der Waals surface area contributed by atoms with E-state index in [1.165, 1.54) is 18.1 Å². The second kappa shape index (κ2) is 13.8. The van der Waals surface area contributed by atoms with Crippen LogP contribution in [-0.4, -0.2) is 63.0 Å². The molecule has 4 aromatic rings. The lowest BCUT2D eigenvalue weighted by Gasteiger charge is -2.28. The average molecular weight is 599 g/mol. The van der Waals surface area contributed by atoms with Crippen LogP contribution in [0.2, 0.25) is 0 Å². The first kappa shape index (κ1) is 31.7. The highest BCUT2D eigenvalue weighted by atomic mass is 16.6. The molecule has 2 aromatic heterocycles. The summed E-state index contributed by atoms with van der Waals surface area (Å²) in [6.07, 6.45) is 5.22. The molecule has 44 heavy (non-hydrogen) atoms. The van der Waals surface area contributed by atoms with Gasteiger partial charge in [0.05, 0.1) is 0 Å². The van der Waals surface area contributed by atoms with Crippen molar-refractivity contribution in [2.75, 3.05) is 34.9 Å². The van der Waals surface area contributed by atoms with Crippen LogP contribution in [0, 0.1) is 0 Å². The fraction of sp³-hybridized carbons (Fsp3) is 0.312. The number of nitrogens with one attached hydrogen (secondary N) is 4. The molecule has 2 aromatic carbocycles. The summed E-state index contributed by atoms with van der Waals surface area (Å²) in [5.41, 5.74) is 1.28. The number of hydrogen-bond acceptors (Lipinski definition) is 9. The molecule has 12 nitrogen and oxygen atoms in total. The van der Waals surface area contributed by atoms with Gasteiger partial charge in [-0.1, -0.05) is 19.1 Å². The number of amides is 3. The molecule has 0 fully saturated rings. The quantitative estimate of drug-likeness (QED) is 0.171. The van der Waals surface area contributed by atoms with Gasteiger partial charge in [0.15, 0.2) is 0 Å². The van der Waals surface area contributed by atoms with Gasteiger partial charge in [-0.2, -0.15) is 4.98 Å². The second-order valence-corrected chi connectivity index (χ2v) is 11.2. The highest BCUT2D eigenvalue weighted by Gasteiger charge is 2.27. The van der Waals surface area contributed by atoms with Crippen molar-refractivity contribution in [3.05, 3.63) is 72.7 Å². The molecule has 0 saturated heterocycles. The molecule has 0 radical (unpaired) electrons. The lowest BCUT2D eigenvalue weighted by Crippen LogP contribution is -2.45. The Morgan fingerprint density at radius 2 is 1.70 bits per heavy atom. The first-order valence-electron chi connectivity index (χ1n) is 14.3. The van der Waals surface area contributed by atoms with Crippen LogP contribution in [0.1, 0.15) is 51.4 Å². The van der Waals surface area contributed by atoms with Gasteiger partial charge in [-0.3, -0.25) is 19.5 Å². The van der Waals surface area contributed by atoms with Gasteiger partial charge in [-0.25, -0.2) is 9.78 Å². The number of rotatable bonds is 10. The zero-order valence-electron chi connectivity index (χ0n) is 25.8. The predicted octanol–water partition coefficient (Wildman–Crippen LogP) is 6.04. The molecular weight excluding hydrogens is 560 g/mol. The largest absolute Gasteiger partial charge is 0.444 e. The molecule has 3 amide bonds. The van der Waals surface area contributed by atoms with Crippen molar-refractivity contribution in [1.29, 1.82) is 0 Å². The van der Waals surface area contributed by atoms with Crippen LogP contribution >= 0.6 is 0 Å². The number of benzene rings is 2. The number of carbonyl (C=O) groups is 3. The number of carbonyl (C=O) groups excluding carboxylic acids is 3. The van der Waals surface area contributed by atoms with Gasteiger partial charge < -0.3 is 26.0 Å². The molecule has 0 spiro atoms. The van der Waals surface area contributed by atoms with E-state index in [2.05, 4.69) is 36.2 Å². The number of likely N-dealkylation sites (N-methyl/N-ethyl adjacent to an activating group) is 1. The number of nitrogens with zero attached hydrogens (tertiary/aromatic N) is 4. The number of aromatic nitrogens is 3. The predicted molar refractivity (Wildman–Crippen MR) is 172 cm³/mol. The Hall–Kier alpha value is -5.26. The molecule has 0 unspecified atom stereocenters. The zero-order chi connectivity index (χ0) is 31.9. The molecular formula is C32H38N8O4. The summed E-state index contributed by atoms with van der Waals surface area (Å²) in [5.74, 6) is -0.110. The smallest absolute Gasteiger partial charge is 0.410 e. The second-order valence-electron chi connectivity index (χ2n) is 11.2. The molecule has 12 heteroatoms. The minimum Gasteiger partial charge on any atom is -0.444 e. The van der Waals surface area contributed by atoms with Gasteiger partial charge in [-0.05, 0) is 75.9 Å². The van der Waals surface area contributed by atoms with Crippen LogP contribution in [0.4, 0.5) is 33.6 Å². The number of anilines is 5. The van der Waals surface area contributed by atoms with Crippen molar-refractivity contribution in [2.24, 2.45) is 0 Å². The standard InChI is InChI=1S/C32H38N8O4/c1-7-14-34-27-26(19-35-30(39-27)38-25-12-11-22-18-33-15-13-21(22)16-25)29(42)37-24-10-8-9-23(17-24)36-28(41)20(2)40(6)31(43)44-32(3,4)5/h8-13,15-20H,7,14H2,1-6H3,(H,36,41)(H,37,42)(H2,34,35,38,39)/t20-/m0/s1. The van der Waals surface area contributed by atoms with Gasteiger partial charge in [-0.15, -0.1) is 0 Å². The highest BCUT2D eigenvalue weighted by molar-refractivity contribution is 6.08. The van der Waals surface area contributed by atoms with E-state index < -0.39 is 29.6 Å². The third kappa shape index (κ3) is 8.40. The van der Waals surface area contributed by atoms with Crippen LogP contribution < -0.4 is 21.3 Å². The summed E-state index contributed by atoms with van der Waals surface area (Å²) in [5, 5.41) is 14.1. The number of hydrogen-bond donors (Lipinski definition) is 4. The van der Waals surface area contributed by atoms with Crippen molar-refractivity contribution >= 4 is 57.5 Å². The van der Waals surface area contributed by atoms with E-state index >= 15 is 0 Å². The molecule has 0 saturated carbocycles. The number of pyridine rings is 1. The van der Waals surface area contributed by atoms with E-state index in [1.54, 1.807) is 64.4 Å². The van der Waals surface area contributed by atoms with Crippen molar-refractivity contribution in [2.45, 2.75) is 52.7 Å². The van der Waals surface area contributed by atoms with Crippen LogP contribution in [0.15, 0.2) is 67.1 Å². The Morgan fingerprint density at radius 1 is 0.955 bits per heavy atom. The Labute approximate surface area is 256 Å². The van der Waals surface area contributed by atoms with E-state index in [1.807, 2.05) is 31.2 Å². The number of ether oxygens (including phenoxy) is 1. The Kier molecular flexibility index (Phi) is 9.94. The maximum atomic E-state index is 13.3. The van der Waals surface area contributed by atoms with Crippen molar-refractivity contribution < 1.29 is 19.1 Å². The summed E-state index contributed by atoms with van der Waals surface area (Å²) in [6.45, 7) is 9.50. The minimum absolute atomic E-state index is 0.260. The van der Waals surface area contributed by atoms with E-state index in [0.29, 0.717) is 29.7 Å². The van der Waals surface area contributed by atoms with E-state index in [9.17, 15) is 14.4 Å². The number of fused-ring (bicyclic) bond motifs is 1. The molecule has 4 rings (SSSR count). The molecule has 230 valence electrons. The van der Waals surface area contributed by atoms with Gasteiger partial charge in [0, 0.05) is 54.6 Å². The lowest BCUT2D eigenvalue weighted by molar-refractivity contribution is -0.120. The van der Waals surface area contributed by atoms with Gasteiger partial charge >= 0.3 is 6.09 Å². The molecule has 0 aliphatic rings. The first-order chi connectivity index (χ1) is 20.9. The zero-order valence-corrected chi connectivity index (χ0v) is 25.8. The van der Waals surface area contributed by atoms with Crippen molar-refractivity contribution in [1.82, 2.24) is 19.9 Å². The third-order valence-electron chi connectivity index (χ3n) is 6.50. The Balaban J connectivity index is 1.45. The molecule has 0 bridgehead atoms. The van der Waals surface area contributed by atoms with Crippen molar-refractivity contribution in [3.63, 3.8) is 0 Å². The van der Waals surface area contributed by atoms with Crippen LogP contribution in [0.25, 0.3) is 10.8 Å². The molecule has 4 N–H and O–H groups in total. The normalized spacial score (nSPS) is 11.8. The van der Waals surface area contributed by atoms with E-state index in [0.717, 1.165) is 22.9 Å². The summed E-state index contributed by atoms with van der Waals surface area (Å²) < 4.78 is 5.35. The summed E-state index contributed by atoms with van der Waals surface area (Å²) in [6, 6.07) is 13.7. The fourth-order valence-electron chi connectivity index (χ4n) is 4.06. The minimum atomic E-state index is -0.800. The molecule has 0 aliphatic heterocycles. The van der Waals surface area contributed by atoms with Gasteiger partial charge in [0.25, 0.3) is 5.91 Å². The summed E-state index contributed by atoms with van der Waals surface area (Å²) >= 11 is 0. The van der Waals surface area contributed by atoms with E-state index in [-0.39, 0.29) is 5.56 Å². The summed E-state index contributed by atoms with van der Waals surface area (Å²) in [7, 11) is 1.50. The maximum Gasteiger partial charge on any atom is 0.410 e. The first-order valence-corrected chi connectivity index (χ1v) is 14.3. The van der Waals surface area contributed by atoms with Crippen LogP contribution in [0.3, 0.4) is 0 Å². The average Bonchev–Trinajstić information content (AvgIpc) is 2.98. The SMILES string of the molecule is CCCNc1nc(Nc2ccc3cnccc3c2)ncc1C(=O)Nc1cccc(NC(=O)[C@H](C)N(C)C(=O)OC(C)(C)C)c1. The lowest BCUT2D eigenvalue weighted by atomic mass is 10.1. The fourth-order valence-corrected chi connectivity index (χ4v) is 4.06. The highest BCUT2D eigenvalue weighted by Crippen LogP contribution is 2.23. The van der Waals surface area contributed by atoms with Gasteiger partial charge in [0.1, 0.15) is 23.0 Å². The molecule has 0 aliphatic carbocycles. The van der Waals surface area contributed by atoms with Crippen LogP contribution in [0.5, 0.6) is 0 Å². The molecule has 2 heterocycles. The Morgan fingerprint density at radius 3 is 2.43 bits per heavy atom. The van der Waals surface area contributed by atoms with Crippen LogP contribution in [-0.2, 0) is 9.53 Å². The monoisotopic (exact) mass is 598 g/mol. The van der Waals surface area contributed by atoms with E-state index in [4.69, 9.17) is 4.74 Å². The third-order valence-corrected chi connectivity index (χ3v) is 6.50. The molecule has 1 atom stereocenters.